The molecule has 0 aliphatic heterocycles. The van der Waals surface area contributed by atoms with E-state index < -0.39 is 0 Å². The van der Waals surface area contributed by atoms with E-state index in [1.54, 1.807) is 0 Å². The van der Waals surface area contributed by atoms with Gasteiger partial charge in [-0.25, -0.2) is 0 Å². The van der Waals surface area contributed by atoms with Crippen LogP contribution in [0.4, 0.5) is 0 Å². The zero-order valence-corrected chi connectivity index (χ0v) is 10.7. The van der Waals surface area contributed by atoms with Crippen LogP contribution in [-0.4, -0.2) is 0 Å². The van der Waals surface area contributed by atoms with E-state index in [0.29, 0.717) is 0 Å². The maximum Gasteiger partial charge on any atom is 2.00 e. The largest absolute Gasteiger partial charge is 2.00 e. The van der Waals surface area contributed by atoms with Gasteiger partial charge < -0.3 is 12.8 Å². The van der Waals surface area contributed by atoms with Gasteiger partial charge in [-0.1, -0.05) is 36.4 Å². The van der Waals surface area contributed by atoms with Crippen LogP contribution in [0.1, 0.15) is 11.1 Å². The zero-order valence-electron chi connectivity index (χ0n) is 9.11. The van der Waals surface area contributed by atoms with Gasteiger partial charge >= 0.3 is 19.5 Å². The van der Waals surface area contributed by atoms with Crippen molar-refractivity contribution in [1.29, 1.82) is 0 Å². The molecule has 0 saturated carbocycles. The Kier molecular flexibility index (Phi) is 8.41. The Labute approximate surface area is 116 Å². The first kappa shape index (κ1) is 15.2. The molecule has 83 valence electrons. The van der Waals surface area contributed by atoms with Gasteiger partial charge in [0.15, 0.2) is 0 Å². The van der Waals surface area contributed by atoms with Crippen LogP contribution in [0.5, 0.6) is 0 Å². The summed E-state index contributed by atoms with van der Waals surface area (Å²) in [7, 11) is 0. The average Bonchev–Trinajstić information content (AvgIpc) is 2.41. The van der Waals surface area contributed by atoms with Crippen molar-refractivity contribution in [2.75, 3.05) is 0 Å². The fourth-order valence-electron chi connectivity index (χ4n) is 1.04. The number of rotatable bonds is 0. The molecule has 0 aliphatic rings. The quantitative estimate of drug-likeness (QED) is 0.398. The minimum Gasteiger partial charge on any atom is -0.366 e. The summed E-state index contributed by atoms with van der Waals surface area (Å²) in [5.74, 6) is 4.55. The van der Waals surface area contributed by atoms with E-state index in [4.69, 9.17) is 12.8 Å². The van der Waals surface area contributed by atoms with Gasteiger partial charge in [-0.3, -0.25) is 11.8 Å². The fraction of sp³-hybridized carbons (Fsp3) is 0. The van der Waals surface area contributed by atoms with Gasteiger partial charge in [0.2, 0.25) is 0 Å². The molecule has 1 heteroatoms. The molecule has 0 amide bonds. The van der Waals surface area contributed by atoms with E-state index in [2.05, 4.69) is 11.8 Å². The molecular formula is C16H10Rh. The Morgan fingerprint density at radius 3 is 1.06 bits per heavy atom. The summed E-state index contributed by atoms with van der Waals surface area (Å²) in [4.78, 5) is 0. The first-order chi connectivity index (χ1) is 7.86. The van der Waals surface area contributed by atoms with Gasteiger partial charge in [0.25, 0.3) is 0 Å². The van der Waals surface area contributed by atoms with Crippen LogP contribution >= 0.6 is 0 Å². The summed E-state index contributed by atoms with van der Waals surface area (Å²) in [6.45, 7) is 0. The molecule has 2 aromatic carbocycles. The molecule has 0 nitrogen and oxygen atoms in total. The third-order valence-corrected chi connectivity index (χ3v) is 1.84. The Morgan fingerprint density at radius 2 is 0.882 bits per heavy atom. The molecule has 0 heterocycles. The van der Waals surface area contributed by atoms with Gasteiger partial charge in [-0.15, -0.1) is 35.4 Å². The predicted molar refractivity (Wildman–Crippen MR) is 65.4 cm³/mol. The minimum atomic E-state index is 0. The van der Waals surface area contributed by atoms with Crippen LogP contribution in [0.25, 0.3) is 0 Å². The molecule has 2 aromatic rings. The van der Waals surface area contributed by atoms with Crippen molar-refractivity contribution in [2.24, 2.45) is 0 Å². The maximum absolute atomic E-state index is 6.69. The number of hydrogen-bond donors (Lipinski definition) is 0. The van der Waals surface area contributed by atoms with Gasteiger partial charge in [0.1, 0.15) is 0 Å². The second kappa shape index (κ2) is 9.41. The third-order valence-electron chi connectivity index (χ3n) is 1.84. The summed E-state index contributed by atoms with van der Waals surface area (Å²) in [5.41, 5.74) is 1.65. The van der Waals surface area contributed by atoms with Crippen molar-refractivity contribution in [3.63, 3.8) is 0 Å². The van der Waals surface area contributed by atoms with Crippen molar-refractivity contribution in [2.45, 2.75) is 0 Å². The summed E-state index contributed by atoms with van der Waals surface area (Å²) < 4.78 is 0. The first-order valence-electron chi connectivity index (χ1n) is 4.82. The molecule has 1 radical (unpaired) electrons. The monoisotopic (exact) mass is 305 g/mol. The summed E-state index contributed by atoms with van der Waals surface area (Å²) in [5, 5.41) is 0. The number of benzene rings is 2. The van der Waals surface area contributed by atoms with Crippen LogP contribution in [0, 0.1) is 24.7 Å². The van der Waals surface area contributed by atoms with Gasteiger partial charge in [-0.05, 0) is 0 Å². The summed E-state index contributed by atoms with van der Waals surface area (Å²) in [6, 6.07) is 18.7. The molecule has 0 N–H and O–H groups in total. The first-order valence-corrected chi connectivity index (χ1v) is 4.82. The minimum absolute atomic E-state index is 0. The van der Waals surface area contributed by atoms with Crippen LogP contribution in [0.2, 0.25) is 0 Å². The predicted octanol–water partition coefficient (Wildman–Crippen LogP) is 3.25. The molecule has 0 atom stereocenters. The zero-order chi connectivity index (χ0) is 11.6. The van der Waals surface area contributed by atoms with E-state index >= 15 is 0 Å². The Hall–Kier alpha value is -1.82. The Balaban J connectivity index is 0.000000284. The molecule has 17 heavy (non-hydrogen) atoms. The van der Waals surface area contributed by atoms with Crippen LogP contribution in [-0.2, 0) is 19.5 Å². The van der Waals surface area contributed by atoms with Crippen LogP contribution in [0.15, 0.2) is 60.7 Å². The van der Waals surface area contributed by atoms with Crippen molar-refractivity contribution in [3.8, 4) is 11.8 Å². The van der Waals surface area contributed by atoms with Gasteiger partial charge in [0, 0.05) is 0 Å². The van der Waals surface area contributed by atoms with E-state index in [9.17, 15) is 0 Å². The molecule has 0 spiro atoms. The second-order valence-corrected chi connectivity index (χ2v) is 2.98. The van der Waals surface area contributed by atoms with Crippen molar-refractivity contribution < 1.29 is 19.5 Å². The maximum atomic E-state index is 6.69. The normalized spacial score (nSPS) is 7.41. The van der Waals surface area contributed by atoms with E-state index in [-0.39, 0.29) is 19.5 Å². The van der Waals surface area contributed by atoms with Crippen molar-refractivity contribution in [1.82, 2.24) is 0 Å². The molecule has 0 aliphatic carbocycles. The smallest absolute Gasteiger partial charge is 0.366 e. The topological polar surface area (TPSA) is 0 Å². The van der Waals surface area contributed by atoms with Crippen LogP contribution in [0.3, 0.4) is 0 Å². The second-order valence-electron chi connectivity index (χ2n) is 2.98. The van der Waals surface area contributed by atoms with Gasteiger partial charge in [0.05, 0.1) is 0 Å². The molecule has 0 fully saturated rings. The molecule has 2 rings (SSSR count). The van der Waals surface area contributed by atoms with Gasteiger partial charge in [-0.2, -0.15) is 0 Å². The fourth-order valence-corrected chi connectivity index (χ4v) is 1.04. The molecule has 0 saturated heterocycles. The SMILES string of the molecule is [C-]#Cc1ccccc1.[C-]#Cc1ccccc1.[Rh+2]. The summed E-state index contributed by atoms with van der Waals surface area (Å²) >= 11 is 0. The molecule has 0 bridgehead atoms. The van der Waals surface area contributed by atoms with E-state index in [1.807, 2.05) is 60.7 Å². The Morgan fingerprint density at radius 1 is 0.588 bits per heavy atom. The molecule has 0 aromatic heterocycles. The molecular weight excluding hydrogens is 295 g/mol. The molecule has 0 unspecified atom stereocenters. The van der Waals surface area contributed by atoms with E-state index in [1.165, 1.54) is 0 Å². The standard InChI is InChI=1S/2C8H5.Rh/c2*1-2-8-6-4-3-5-7-8;/h2*3-7H;/q2*-1;+2. The van der Waals surface area contributed by atoms with Crippen molar-refractivity contribution in [3.05, 3.63) is 84.6 Å². The van der Waals surface area contributed by atoms with Crippen molar-refractivity contribution >= 4 is 0 Å². The summed E-state index contributed by atoms with van der Waals surface area (Å²) in [6.07, 6.45) is 13.4. The van der Waals surface area contributed by atoms with E-state index in [0.717, 1.165) is 11.1 Å². The number of hydrogen-bond acceptors (Lipinski definition) is 0. The Bertz CT molecular complexity index is 437. The van der Waals surface area contributed by atoms with Crippen LogP contribution < -0.4 is 0 Å². The average molecular weight is 305 g/mol. The third kappa shape index (κ3) is 6.37.